The molecule has 2 aliphatic rings. The Kier molecular flexibility index (Phi) is 7.85. The van der Waals surface area contributed by atoms with Crippen molar-refractivity contribution in [2.75, 3.05) is 66.6 Å². The third kappa shape index (κ3) is 5.71. The lowest BCUT2D eigenvalue weighted by atomic mass is 9.84. The van der Waals surface area contributed by atoms with Gasteiger partial charge in [-0.2, -0.15) is 0 Å². The van der Waals surface area contributed by atoms with Crippen LogP contribution in [0.2, 0.25) is 0 Å². The average Bonchev–Trinajstić information content (AvgIpc) is 2.82. The van der Waals surface area contributed by atoms with Gasteiger partial charge in [-0.05, 0) is 54.4 Å². The fourth-order valence-corrected chi connectivity index (χ4v) is 4.89. The molecule has 2 aromatic rings. The van der Waals surface area contributed by atoms with E-state index in [0.29, 0.717) is 5.92 Å². The van der Waals surface area contributed by atoms with Gasteiger partial charge in [0.15, 0.2) is 0 Å². The second kappa shape index (κ2) is 11.0. The Morgan fingerprint density at radius 3 is 2.44 bits per heavy atom. The van der Waals surface area contributed by atoms with Crippen LogP contribution in [0.15, 0.2) is 55.1 Å². The largest absolute Gasteiger partial charge is 0.497 e. The number of fused-ring (bicyclic) bond motifs is 1. The van der Waals surface area contributed by atoms with Gasteiger partial charge < -0.3 is 19.3 Å². The zero-order chi connectivity index (χ0) is 22.3. The van der Waals surface area contributed by atoms with Gasteiger partial charge >= 0.3 is 0 Å². The highest BCUT2D eigenvalue weighted by Crippen LogP contribution is 2.35. The summed E-state index contributed by atoms with van der Waals surface area (Å²) in [7, 11) is 3.91. The van der Waals surface area contributed by atoms with Crippen molar-refractivity contribution in [1.29, 1.82) is 0 Å². The molecule has 0 aliphatic carbocycles. The molecule has 1 saturated heterocycles. The lowest BCUT2D eigenvalue weighted by Crippen LogP contribution is -2.46. The molecule has 4 rings (SSSR count). The van der Waals surface area contributed by atoms with Crippen LogP contribution in [-0.4, -0.2) is 81.3 Å². The van der Waals surface area contributed by atoms with Gasteiger partial charge in [0.25, 0.3) is 0 Å². The summed E-state index contributed by atoms with van der Waals surface area (Å²) in [4.78, 5) is 7.40. The molecule has 1 fully saturated rings. The van der Waals surface area contributed by atoms with E-state index in [1.807, 2.05) is 6.08 Å². The van der Waals surface area contributed by atoms with E-state index in [-0.39, 0.29) is 0 Å². The van der Waals surface area contributed by atoms with Crippen LogP contribution < -0.4 is 9.47 Å². The second-order valence-electron chi connectivity index (χ2n) is 9.02. The zero-order valence-corrected chi connectivity index (χ0v) is 19.6. The first-order valence-electron chi connectivity index (χ1n) is 11.8. The third-order valence-corrected chi connectivity index (χ3v) is 6.68. The van der Waals surface area contributed by atoms with Gasteiger partial charge in [0.1, 0.15) is 11.5 Å². The van der Waals surface area contributed by atoms with Gasteiger partial charge in [-0.25, -0.2) is 0 Å². The van der Waals surface area contributed by atoms with E-state index in [4.69, 9.17) is 9.47 Å². The van der Waals surface area contributed by atoms with Gasteiger partial charge in [0.05, 0.1) is 13.7 Å². The molecule has 2 aliphatic heterocycles. The van der Waals surface area contributed by atoms with Crippen LogP contribution in [0.5, 0.6) is 11.5 Å². The number of methoxy groups -OCH3 is 1. The number of hydrogen-bond acceptors (Lipinski definition) is 5. The quantitative estimate of drug-likeness (QED) is 0.441. The summed E-state index contributed by atoms with van der Waals surface area (Å²) < 4.78 is 11.5. The van der Waals surface area contributed by atoms with Crippen LogP contribution in [0, 0.1) is 0 Å². The molecule has 0 amide bonds. The van der Waals surface area contributed by atoms with Crippen LogP contribution in [0.4, 0.5) is 0 Å². The van der Waals surface area contributed by atoms with Crippen molar-refractivity contribution < 1.29 is 9.47 Å². The number of rotatable bonds is 9. The first kappa shape index (κ1) is 22.8. The standard InChI is InChI=1S/C27H37N3O2/c1-4-12-29-14-16-30(17-15-29)13-5-18-32-25-10-11-26-23(19-25)20-28(2)21-27(26)22-6-8-24(31-3)9-7-22/h4,6-11,19,27H,1,5,12-18,20-21H2,2-3H3. The Labute approximate surface area is 193 Å². The molecule has 32 heavy (non-hydrogen) atoms. The van der Waals surface area contributed by atoms with Crippen LogP contribution >= 0.6 is 0 Å². The average molecular weight is 436 g/mol. The first-order valence-corrected chi connectivity index (χ1v) is 11.8. The lowest BCUT2D eigenvalue weighted by Gasteiger charge is -2.34. The molecule has 1 atom stereocenters. The van der Waals surface area contributed by atoms with Crippen molar-refractivity contribution in [3.63, 3.8) is 0 Å². The topological polar surface area (TPSA) is 28.2 Å². The van der Waals surface area contributed by atoms with Crippen LogP contribution in [0.1, 0.15) is 29.0 Å². The Morgan fingerprint density at radius 2 is 1.72 bits per heavy atom. The van der Waals surface area contributed by atoms with Gasteiger partial charge in [-0.3, -0.25) is 4.90 Å². The Bertz CT molecular complexity index is 875. The SMILES string of the molecule is C=CCN1CCN(CCCOc2ccc3c(c2)CN(C)CC3c2ccc(OC)cc2)CC1. The van der Waals surface area contributed by atoms with Gasteiger partial charge in [0, 0.05) is 58.3 Å². The van der Waals surface area contributed by atoms with Crippen LogP contribution in [0.25, 0.3) is 0 Å². The highest BCUT2D eigenvalue weighted by Gasteiger charge is 2.25. The molecule has 2 aromatic carbocycles. The van der Waals surface area contributed by atoms with Gasteiger partial charge in [-0.1, -0.05) is 24.3 Å². The monoisotopic (exact) mass is 435 g/mol. The van der Waals surface area contributed by atoms with E-state index < -0.39 is 0 Å². The molecular weight excluding hydrogens is 398 g/mol. The fourth-order valence-electron chi connectivity index (χ4n) is 4.89. The van der Waals surface area contributed by atoms with Crippen LogP contribution in [0.3, 0.4) is 0 Å². The van der Waals surface area contributed by atoms with Crippen molar-refractivity contribution in [3.8, 4) is 11.5 Å². The summed E-state index contributed by atoms with van der Waals surface area (Å²) in [6, 6.07) is 15.2. The normalized spacial score (nSPS) is 20.0. The number of ether oxygens (including phenoxy) is 2. The molecule has 0 N–H and O–H groups in total. The fraction of sp³-hybridized carbons (Fsp3) is 0.481. The molecule has 5 heteroatoms. The summed E-state index contributed by atoms with van der Waals surface area (Å²) >= 11 is 0. The molecule has 0 radical (unpaired) electrons. The summed E-state index contributed by atoms with van der Waals surface area (Å²) in [5.74, 6) is 2.27. The molecule has 0 saturated carbocycles. The van der Waals surface area contributed by atoms with Crippen molar-refractivity contribution in [2.45, 2.75) is 18.9 Å². The van der Waals surface area contributed by atoms with Gasteiger partial charge in [-0.15, -0.1) is 6.58 Å². The Hall–Kier alpha value is -2.34. The molecule has 0 bridgehead atoms. The molecule has 0 spiro atoms. The van der Waals surface area contributed by atoms with Crippen molar-refractivity contribution in [2.24, 2.45) is 0 Å². The van der Waals surface area contributed by atoms with E-state index in [0.717, 1.165) is 76.9 Å². The Balaban J connectivity index is 1.31. The van der Waals surface area contributed by atoms with Crippen molar-refractivity contribution >= 4 is 0 Å². The van der Waals surface area contributed by atoms with Crippen LogP contribution in [-0.2, 0) is 6.54 Å². The Morgan fingerprint density at radius 1 is 1.00 bits per heavy atom. The summed E-state index contributed by atoms with van der Waals surface area (Å²) in [6.45, 7) is 13.3. The maximum atomic E-state index is 6.14. The zero-order valence-electron chi connectivity index (χ0n) is 19.6. The highest BCUT2D eigenvalue weighted by molar-refractivity contribution is 5.45. The second-order valence-corrected chi connectivity index (χ2v) is 9.02. The lowest BCUT2D eigenvalue weighted by molar-refractivity contribution is 0.135. The molecule has 2 heterocycles. The number of likely N-dealkylation sites (N-methyl/N-ethyl adjacent to an activating group) is 1. The maximum absolute atomic E-state index is 6.14. The first-order chi connectivity index (χ1) is 15.7. The molecule has 0 aromatic heterocycles. The third-order valence-electron chi connectivity index (χ3n) is 6.68. The van der Waals surface area contributed by atoms with E-state index in [2.05, 4.69) is 70.8 Å². The summed E-state index contributed by atoms with van der Waals surface area (Å²) in [5, 5.41) is 0. The van der Waals surface area contributed by atoms with Crippen molar-refractivity contribution in [1.82, 2.24) is 14.7 Å². The highest BCUT2D eigenvalue weighted by atomic mass is 16.5. The minimum atomic E-state index is 0.378. The summed E-state index contributed by atoms with van der Waals surface area (Å²) in [5.41, 5.74) is 4.12. The number of hydrogen-bond donors (Lipinski definition) is 0. The summed E-state index contributed by atoms with van der Waals surface area (Å²) in [6.07, 6.45) is 3.06. The van der Waals surface area contributed by atoms with E-state index in [9.17, 15) is 0 Å². The smallest absolute Gasteiger partial charge is 0.119 e. The van der Waals surface area contributed by atoms with E-state index in [1.54, 1.807) is 7.11 Å². The molecule has 1 unspecified atom stereocenters. The number of nitrogens with zero attached hydrogens (tertiary/aromatic N) is 3. The minimum absolute atomic E-state index is 0.378. The van der Waals surface area contributed by atoms with E-state index in [1.165, 1.54) is 16.7 Å². The van der Waals surface area contributed by atoms with Gasteiger partial charge in [0.2, 0.25) is 0 Å². The van der Waals surface area contributed by atoms with E-state index >= 15 is 0 Å². The molecule has 5 nitrogen and oxygen atoms in total. The minimum Gasteiger partial charge on any atom is -0.497 e. The molecule has 172 valence electrons. The van der Waals surface area contributed by atoms with Crippen molar-refractivity contribution in [3.05, 3.63) is 71.8 Å². The number of piperazine rings is 1. The molecular formula is C27H37N3O2. The predicted molar refractivity (Wildman–Crippen MR) is 131 cm³/mol. The maximum Gasteiger partial charge on any atom is 0.119 e. The number of benzene rings is 2. The predicted octanol–water partition coefficient (Wildman–Crippen LogP) is 3.85.